The van der Waals surface area contributed by atoms with E-state index in [-0.39, 0.29) is 11.8 Å². The molecule has 0 N–H and O–H groups in total. The van der Waals surface area contributed by atoms with Gasteiger partial charge in [0.25, 0.3) is 0 Å². The van der Waals surface area contributed by atoms with Crippen molar-refractivity contribution >= 4 is 23.2 Å². The van der Waals surface area contributed by atoms with Gasteiger partial charge in [0.2, 0.25) is 11.8 Å². The number of ether oxygens (including phenoxy) is 1. The first-order valence-corrected chi connectivity index (χ1v) is 10.1. The number of morpholine rings is 1. The Balaban J connectivity index is 1.70. The predicted octanol–water partition coefficient (Wildman–Crippen LogP) is 2.67. The molecule has 27 heavy (non-hydrogen) atoms. The highest BCUT2D eigenvalue weighted by atomic mass is 16.5. The van der Waals surface area contributed by atoms with Gasteiger partial charge in [-0.1, -0.05) is 25.0 Å². The first-order valence-electron chi connectivity index (χ1n) is 10.1. The number of amides is 2. The van der Waals surface area contributed by atoms with Crippen LogP contribution in [0, 0.1) is 0 Å². The molecular formula is C21H31N3O3. The van der Waals surface area contributed by atoms with Gasteiger partial charge >= 0.3 is 0 Å². The number of nitrogens with zero attached hydrogens (tertiary/aromatic N) is 3. The molecule has 3 rings (SSSR count). The van der Waals surface area contributed by atoms with Crippen LogP contribution >= 0.6 is 0 Å². The van der Waals surface area contributed by atoms with Crippen LogP contribution in [0.5, 0.6) is 0 Å². The highest BCUT2D eigenvalue weighted by Gasteiger charge is 2.22. The maximum atomic E-state index is 12.7. The van der Waals surface area contributed by atoms with Crippen LogP contribution in [-0.2, 0) is 14.3 Å². The highest BCUT2D eigenvalue weighted by molar-refractivity contribution is 5.96. The molecule has 0 aromatic heterocycles. The van der Waals surface area contributed by atoms with E-state index < -0.39 is 0 Å². The van der Waals surface area contributed by atoms with Gasteiger partial charge in [-0.05, 0) is 25.0 Å². The van der Waals surface area contributed by atoms with Gasteiger partial charge in [0.15, 0.2) is 0 Å². The Bertz CT molecular complexity index is 635. The van der Waals surface area contributed by atoms with Crippen molar-refractivity contribution in [2.24, 2.45) is 0 Å². The van der Waals surface area contributed by atoms with Crippen LogP contribution in [0.3, 0.4) is 0 Å². The van der Waals surface area contributed by atoms with Gasteiger partial charge in [0.05, 0.1) is 24.6 Å². The standard InChI is InChI=1S/C21H31N3O3/c1-18(25)24(13-10-21(26)23-11-6-2-3-7-12-23)20-9-5-4-8-19(20)22-14-16-27-17-15-22/h4-5,8-9H,2-3,6-7,10-17H2,1H3. The fourth-order valence-electron chi connectivity index (χ4n) is 3.90. The summed E-state index contributed by atoms with van der Waals surface area (Å²) in [6, 6.07) is 7.97. The summed E-state index contributed by atoms with van der Waals surface area (Å²) < 4.78 is 5.45. The molecule has 2 aliphatic rings. The number of benzene rings is 1. The van der Waals surface area contributed by atoms with Crippen LogP contribution in [0.1, 0.15) is 39.0 Å². The van der Waals surface area contributed by atoms with Crippen molar-refractivity contribution in [1.29, 1.82) is 0 Å². The summed E-state index contributed by atoms with van der Waals surface area (Å²) in [5.74, 6) is 0.131. The number of carbonyl (C=O) groups is 2. The van der Waals surface area contributed by atoms with Crippen LogP contribution in [-0.4, -0.2) is 62.7 Å². The van der Waals surface area contributed by atoms with Crippen molar-refractivity contribution < 1.29 is 14.3 Å². The molecule has 0 atom stereocenters. The summed E-state index contributed by atoms with van der Waals surface area (Å²) >= 11 is 0. The fraction of sp³-hybridized carbons (Fsp3) is 0.619. The maximum absolute atomic E-state index is 12.7. The van der Waals surface area contributed by atoms with Crippen molar-refractivity contribution in [3.63, 3.8) is 0 Å². The largest absolute Gasteiger partial charge is 0.378 e. The minimum atomic E-state index is -0.0284. The lowest BCUT2D eigenvalue weighted by Gasteiger charge is -2.33. The van der Waals surface area contributed by atoms with E-state index in [0.717, 1.165) is 50.4 Å². The molecule has 1 aromatic carbocycles. The normalized spacial score (nSPS) is 18.1. The van der Waals surface area contributed by atoms with E-state index in [1.807, 2.05) is 29.2 Å². The Kier molecular flexibility index (Phi) is 7.10. The average molecular weight is 373 g/mol. The molecular weight excluding hydrogens is 342 g/mol. The van der Waals surface area contributed by atoms with Gasteiger partial charge < -0.3 is 19.4 Å². The van der Waals surface area contributed by atoms with Crippen molar-refractivity contribution in [2.75, 3.05) is 55.7 Å². The number of hydrogen-bond acceptors (Lipinski definition) is 4. The first kappa shape index (κ1) is 19.7. The summed E-state index contributed by atoms with van der Waals surface area (Å²) in [6.45, 7) is 6.72. The molecule has 6 nitrogen and oxygen atoms in total. The number of likely N-dealkylation sites (tertiary alicyclic amines) is 1. The zero-order chi connectivity index (χ0) is 19.1. The Morgan fingerprint density at radius 1 is 1.00 bits per heavy atom. The predicted molar refractivity (Wildman–Crippen MR) is 107 cm³/mol. The molecule has 1 aromatic rings. The zero-order valence-electron chi connectivity index (χ0n) is 16.4. The van der Waals surface area contributed by atoms with Crippen LogP contribution in [0.2, 0.25) is 0 Å². The number of carbonyl (C=O) groups excluding carboxylic acids is 2. The SMILES string of the molecule is CC(=O)N(CCC(=O)N1CCCCCC1)c1ccccc1N1CCOCC1. The van der Waals surface area contributed by atoms with E-state index in [1.165, 1.54) is 12.8 Å². The van der Waals surface area contributed by atoms with Crippen molar-refractivity contribution in [1.82, 2.24) is 4.90 Å². The highest BCUT2D eigenvalue weighted by Crippen LogP contribution is 2.30. The summed E-state index contributed by atoms with van der Waals surface area (Å²) in [6.07, 6.45) is 4.95. The molecule has 0 unspecified atom stereocenters. The molecule has 2 fully saturated rings. The van der Waals surface area contributed by atoms with Crippen molar-refractivity contribution in [2.45, 2.75) is 39.0 Å². The minimum Gasteiger partial charge on any atom is -0.378 e. The van der Waals surface area contributed by atoms with E-state index in [9.17, 15) is 9.59 Å². The Labute approximate surface area is 162 Å². The van der Waals surface area contributed by atoms with E-state index >= 15 is 0 Å². The molecule has 0 radical (unpaired) electrons. The van der Waals surface area contributed by atoms with Crippen LogP contribution < -0.4 is 9.80 Å². The molecule has 2 heterocycles. The third kappa shape index (κ3) is 5.22. The van der Waals surface area contributed by atoms with Gasteiger partial charge in [-0.25, -0.2) is 0 Å². The van der Waals surface area contributed by atoms with Crippen molar-refractivity contribution in [3.05, 3.63) is 24.3 Å². The molecule has 2 amide bonds. The molecule has 0 spiro atoms. The molecule has 0 bridgehead atoms. The van der Waals surface area contributed by atoms with Gasteiger partial charge in [-0.15, -0.1) is 0 Å². The van der Waals surface area contributed by atoms with Crippen LogP contribution in [0.25, 0.3) is 0 Å². The smallest absolute Gasteiger partial charge is 0.224 e. The monoisotopic (exact) mass is 373 g/mol. The second-order valence-corrected chi connectivity index (χ2v) is 7.30. The Morgan fingerprint density at radius 3 is 2.33 bits per heavy atom. The second kappa shape index (κ2) is 9.74. The lowest BCUT2D eigenvalue weighted by Crippen LogP contribution is -2.39. The van der Waals surface area contributed by atoms with Crippen LogP contribution in [0.15, 0.2) is 24.3 Å². The summed E-state index contributed by atoms with van der Waals surface area (Å²) in [7, 11) is 0. The Morgan fingerprint density at radius 2 is 1.67 bits per heavy atom. The second-order valence-electron chi connectivity index (χ2n) is 7.30. The van der Waals surface area contributed by atoms with E-state index in [4.69, 9.17) is 4.74 Å². The van der Waals surface area contributed by atoms with E-state index in [0.29, 0.717) is 26.2 Å². The summed E-state index contributed by atoms with van der Waals surface area (Å²) in [5, 5.41) is 0. The third-order valence-corrected chi connectivity index (χ3v) is 5.41. The van der Waals surface area contributed by atoms with E-state index in [1.54, 1.807) is 11.8 Å². The van der Waals surface area contributed by atoms with E-state index in [2.05, 4.69) is 4.90 Å². The molecule has 2 aliphatic heterocycles. The van der Waals surface area contributed by atoms with Crippen molar-refractivity contribution in [3.8, 4) is 0 Å². The number of hydrogen-bond donors (Lipinski definition) is 0. The topological polar surface area (TPSA) is 53.1 Å². The van der Waals surface area contributed by atoms with Gasteiger partial charge in [0, 0.05) is 46.1 Å². The van der Waals surface area contributed by atoms with Crippen LogP contribution in [0.4, 0.5) is 11.4 Å². The quantitative estimate of drug-likeness (QED) is 0.796. The minimum absolute atomic E-state index is 0.0284. The van der Waals surface area contributed by atoms with Gasteiger partial charge in [-0.2, -0.15) is 0 Å². The summed E-state index contributed by atoms with van der Waals surface area (Å²) in [5.41, 5.74) is 1.92. The number of rotatable bonds is 5. The van der Waals surface area contributed by atoms with Gasteiger partial charge in [0.1, 0.15) is 0 Å². The molecule has 0 aliphatic carbocycles. The fourth-order valence-corrected chi connectivity index (χ4v) is 3.90. The molecule has 0 saturated carbocycles. The number of anilines is 2. The molecule has 6 heteroatoms. The van der Waals surface area contributed by atoms with Gasteiger partial charge in [-0.3, -0.25) is 9.59 Å². The zero-order valence-corrected chi connectivity index (χ0v) is 16.4. The molecule has 148 valence electrons. The lowest BCUT2D eigenvalue weighted by atomic mass is 10.2. The summed E-state index contributed by atoms with van der Waals surface area (Å²) in [4.78, 5) is 31.0. The lowest BCUT2D eigenvalue weighted by molar-refractivity contribution is -0.131. The Hall–Kier alpha value is -2.08. The molecule has 2 saturated heterocycles. The first-order chi connectivity index (χ1) is 13.2. The average Bonchev–Trinajstić information content (AvgIpc) is 2.98. The third-order valence-electron chi connectivity index (χ3n) is 5.41. The maximum Gasteiger partial charge on any atom is 0.224 e. The number of para-hydroxylation sites is 2.